The fourth-order valence-corrected chi connectivity index (χ4v) is 2.68. The molecule has 96 valence electrons. The average Bonchev–Trinajstić information content (AvgIpc) is 2.31. The van der Waals surface area contributed by atoms with Gasteiger partial charge in [0.1, 0.15) is 0 Å². The minimum absolute atomic E-state index is 0.784. The molecule has 1 aliphatic heterocycles. The summed E-state index contributed by atoms with van der Waals surface area (Å²) in [6.45, 7) is 7.39. The molecule has 0 N–H and O–H groups in total. The standard InChI is InChI=1S/C13H28N2S/c1-3-13-12-15(10-9-14(13)2)8-6-4-5-7-11-16/h13,16H,3-12H2,1-2H3. The van der Waals surface area contributed by atoms with Crippen LogP contribution in [0.25, 0.3) is 0 Å². The van der Waals surface area contributed by atoms with Crippen molar-refractivity contribution in [3.05, 3.63) is 0 Å². The summed E-state index contributed by atoms with van der Waals surface area (Å²) >= 11 is 4.24. The zero-order chi connectivity index (χ0) is 11.8. The Morgan fingerprint density at radius 3 is 2.56 bits per heavy atom. The van der Waals surface area contributed by atoms with Crippen LogP contribution in [-0.4, -0.2) is 54.8 Å². The van der Waals surface area contributed by atoms with Gasteiger partial charge in [-0.3, -0.25) is 0 Å². The maximum absolute atomic E-state index is 4.24. The lowest BCUT2D eigenvalue weighted by Crippen LogP contribution is -2.51. The van der Waals surface area contributed by atoms with E-state index in [-0.39, 0.29) is 0 Å². The molecule has 16 heavy (non-hydrogen) atoms. The van der Waals surface area contributed by atoms with E-state index in [2.05, 4.69) is 36.4 Å². The van der Waals surface area contributed by atoms with Crippen LogP contribution in [0.2, 0.25) is 0 Å². The molecular weight excluding hydrogens is 216 g/mol. The third kappa shape index (κ3) is 5.07. The molecule has 1 unspecified atom stereocenters. The van der Waals surface area contributed by atoms with Crippen LogP contribution in [0.5, 0.6) is 0 Å². The Bertz CT molecular complexity index is 175. The predicted molar refractivity (Wildman–Crippen MR) is 75.5 cm³/mol. The Morgan fingerprint density at radius 1 is 1.12 bits per heavy atom. The van der Waals surface area contributed by atoms with Crippen molar-refractivity contribution in [3.8, 4) is 0 Å². The molecule has 0 amide bonds. The van der Waals surface area contributed by atoms with Gasteiger partial charge in [-0.05, 0) is 38.6 Å². The van der Waals surface area contributed by atoms with Gasteiger partial charge >= 0.3 is 0 Å². The van der Waals surface area contributed by atoms with Crippen LogP contribution < -0.4 is 0 Å². The van der Waals surface area contributed by atoms with E-state index in [1.807, 2.05) is 0 Å². The van der Waals surface area contributed by atoms with Crippen molar-refractivity contribution in [1.29, 1.82) is 0 Å². The fraction of sp³-hybridized carbons (Fsp3) is 1.00. The molecule has 1 aliphatic rings. The van der Waals surface area contributed by atoms with E-state index < -0.39 is 0 Å². The van der Waals surface area contributed by atoms with Crippen molar-refractivity contribution in [3.63, 3.8) is 0 Å². The van der Waals surface area contributed by atoms with Gasteiger partial charge in [-0.1, -0.05) is 19.8 Å². The van der Waals surface area contributed by atoms with Crippen molar-refractivity contribution in [1.82, 2.24) is 9.80 Å². The molecule has 1 saturated heterocycles. The lowest BCUT2D eigenvalue weighted by molar-refractivity contribution is 0.0920. The summed E-state index contributed by atoms with van der Waals surface area (Å²) in [6, 6.07) is 0.784. The van der Waals surface area contributed by atoms with Crippen LogP contribution in [0.15, 0.2) is 0 Å². The summed E-state index contributed by atoms with van der Waals surface area (Å²) in [7, 11) is 2.26. The molecule has 3 heteroatoms. The summed E-state index contributed by atoms with van der Waals surface area (Å²) in [5.74, 6) is 1.05. The molecule has 0 aromatic heterocycles. The first-order valence-corrected chi connectivity index (χ1v) is 7.44. The average molecular weight is 244 g/mol. The lowest BCUT2D eigenvalue weighted by Gasteiger charge is -2.39. The monoisotopic (exact) mass is 244 g/mol. The predicted octanol–water partition coefficient (Wildman–Crippen LogP) is 2.50. The molecule has 0 saturated carbocycles. The molecule has 0 aliphatic carbocycles. The second-order valence-corrected chi connectivity index (χ2v) is 5.43. The minimum atomic E-state index is 0.784. The molecule has 0 aromatic carbocycles. The quantitative estimate of drug-likeness (QED) is 0.543. The number of nitrogens with zero attached hydrogens (tertiary/aromatic N) is 2. The van der Waals surface area contributed by atoms with Crippen LogP contribution in [-0.2, 0) is 0 Å². The summed E-state index contributed by atoms with van der Waals surface area (Å²) in [4.78, 5) is 5.16. The van der Waals surface area contributed by atoms with Crippen molar-refractivity contribution >= 4 is 12.6 Å². The Labute approximate surface area is 107 Å². The van der Waals surface area contributed by atoms with E-state index in [1.165, 1.54) is 58.3 Å². The minimum Gasteiger partial charge on any atom is -0.301 e. The fourth-order valence-electron chi connectivity index (χ4n) is 2.46. The third-order valence-electron chi connectivity index (χ3n) is 3.71. The Balaban J connectivity index is 2.08. The van der Waals surface area contributed by atoms with E-state index in [4.69, 9.17) is 0 Å². The smallest absolute Gasteiger partial charge is 0.0218 e. The van der Waals surface area contributed by atoms with E-state index in [0.29, 0.717) is 0 Å². The maximum atomic E-state index is 4.24. The van der Waals surface area contributed by atoms with Gasteiger partial charge in [-0.15, -0.1) is 0 Å². The molecular formula is C13H28N2S. The van der Waals surface area contributed by atoms with Crippen LogP contribution in [0.4, 0.5) is 0 Å². The van der Waals surface area contributed by atoms with E-state index in [1.54, 1.807) is 0 Å². The molecule has 1 atom stereocenters. The summed E-state index contributed by atoms with van der Waals surface area (Å²) < 4.78 is 0. The number of unbranched alkanes of at least 4 members (excludes halogenated alkanes) is 3. The Morgan fingerprint density at radius 2 is 1.88 bits per heavy atom. The largest absolute Gasteiger partial charge is 0.301 e. The SMILES string of the molecule is CCC1CN(CCCCCCS)CCN1C. The van der Waals surface area contributed by atoms with Gasteiger partial charge in [0.05, 0.1) is 0 Å². The molecule has 0 radical (unpaired) electrons. The zero-order valence-electron chi connectivity index (χ0n) is 11.0. The topological polar surface area (TPSA) is 6.48 Å². The highest BCUT2D eigenvalue weighted by Gasteiger charge is 2.21. The van der Waals surface area contributed by atoms with Crippen molar-refractivity contribution in [2.24, 2.45) is 0 Å². The number of hydrogen-bond acceptors (Lipinski definition) is 3. The normalized spacial score (nSPS) is 23.8. The lowest BCUT2D eigenvalue weighted by atomic mass is 10.1. The zero-order valence-corrected chi connectivity index (χ0v) is 11.9. The van der Waals surface area contributed by atoms with Gasteiger partial charge in [-0.2, -0.15) is 12.6 Å². The highest BCUT2D eigenvalue weighted by Crippen LogP contribution is 2.12. The van der Waals surface area contributed by atoms with Gasteiger partial charge in [0.15, 0.2) is 0 Å². The van der Waals surface area contributed by atoms with Gasteiger partial charge in [0, 0.05) is 25.7 Å². The molecule has 2 nitrogen and oxygen atoms in total. The van der Waals surface area contributed by atoms with Crippen molar-refractivity contribution in [2.45, 2.75) is 45.1 Å². The second-order valence-electron chi connectivity index (χ2n) is 4.98. The van der Waals surface area contributed by atoms with Gasteiger partial charge in [-0.25, -0.2) is 0 Å². The van der Waals surface area contributed by atoms with E-state index >= 15 is 0 Å². The highest BCUT2D eigenvalue weighted by atomic mass is 32.1. The Kier molecular flexibility index (Phi) is 7.50. The van der Waals surface area contributed by atoms with Crippen LogP contribution in [0.1, 0.15) is 39.0 Å². The Hall–Kier alpha value is 0.270. The molecule has 0 spiro atoms. The molecule has 0 bridgehead atoms. The van der Waals surface area contributed by atoms with Gasteiger partial charge in [0.2, 0.25) is 0 Å². The molecule has 1 rings (SSSR count). The van der Waals surface area contributed by atoms with Crippen LogP contribution in [0.3, 0.4) is 0 Å². The first-order chi connectivity index (χ1) is 7.77. The molecule has 0 aromatic rings. The van der Waals surface area contributed by atoms with Crippen LogP contribution >= 0.6 is 12.6 Å². The van der Waals surface area contributed by atoms with Crippen molar-refractivity contribution in [2.75, 3.05) is 39.0 Å². The van der Waals surface area contributed by atoms with E-state index in [0.717, 1.165) is 11.8 Å². The van der Waals surface area contributed by atoms with Gasteiger partial charge in [0.25, 0.3) is 0 Å². The first-order valence-electron chi connectivity index (χ1n) is 6.81. The van der Waals surface area contributed by atoms with Crippen LogP contribution in [0, 0.1) is 0 Å². The van der Waals surface area contributed by atoms with E-state index in [9.17, 15) is 0 Å². The first kappa shape index (κ1) is 14.3. The number of likely N-dealkylation sites (N-methyl/N-ethyl adjacent to an activating group) is 1. The summed E-state index contributed by atoms with van der Waals surface area (Å²) in [6.07, 6.45) is 6.67. The number of thiol groups is 1. The van der Waals surface area contributed by atoms with Gasteiger partial charge < -0.3 is 9.80 Å². The molecule has 1 fully saturated rings. The second kappa shape index (κ2) is 8.37. The number of rotatable bonds is 7. The summed E-state index contributed by atoms with van der Waals surface area (Å²) in [5.41, 5.74) is 0. The van der Waals surface area contributed by atoms with Crippen molar-refractivity contribution < 1.29 is 0 Å². The summed E-state index contributed by atoms with van der Waals surface area (Å²) in [5, 5.41) is 0. The number of piperazine rings is 1. The number of hydrogen-bond donors (Lipinski definition) is 1. The highest BCUT2D eigenvalue weighted by molar-refractivity contribution is 7.80. The maximum Gasteiger partial charge on any atom is 0.0218 e. The molecule has 1 heterocycles. The third-order valence-corrected chi connectivity index (χ3v) is 4.03.